The van der Waals surface area contributed by atoms with Gasteiger partial charge in [0.2, 0.25) is 6.79 Å². The number of hydrogen-bond donors (Lipinski definition) is 1. The van der Waals surface area contributed by atoms with Gasteiger partial charge >= 0.3 is 0 Å². The number of hydrogen-bond acceptors (Lipinski definition) is 5. The molecular weight excluding hydrogens is 330 g/mol. The summed E-state index contributed by atoms with van der Waals surface area (Å²) >= 11 is 0. The monoisotopic (exact) mass is 345 g/mol. The lowest BCUT2D eigenvalue weighted by Crippen LogP contribution is -2.20. The number of benzene rings is 2. The van der Waals surface area contributed by atoms with Crippen molar-refractivity contribution in [3.8, 4) is 11.5 Å². The zero-order valence-electron chi connectivity index (χ0n) is 13.8. The molecule has 2 heterocycles. The van der Waals surface area contributed by atoms with Gasteiger partial charge in [0.25, 0.3) is 5.91 Å². The fourth-order valence-electron chi connectivity index (χ4n) is 2.60. The molecule has 0 fully saturated rings. The van der Waals surface area contributed by atoms with Crippen LogP contribution < -0.4 is 14.9 Å². The maximum atomic E-state index is 12.5. The Morgan fingerprint density at radius 1 is 0.923 bits per heavy atom. The van der Waals surface area contributed by atoms with Crippen LogP contribution in [0, 0.1) is 0 Å². The third kappa shape index (κ3) is 3.25. The van der Waals surface area contributed by atoms with Crippen LogP contribution in [0.25, 0.3) is 0 Å². The molecule has 0 saturated heterocycles. The summed E-state index contributed by atoms with van der Waals surface area (Å²) in [6.45, 7) is 0.164. The number of carbonyl (C=O) groups is 1. The van der Waals surface area contributed by atoms with Crippen molar-refractivity contribution >= 4 is 11.6 Å². The van der Waals surface area contributed by atoms with Gasteiger partial charge in [0.15, 0.2) is 11.5 Å². The van der Waals surface area contributed by atoms with E-state index < -0.39 is 0 Å². The lowest BCUT2D eigenvalue weighted by molar-refractivity contribution is 0.0954. The van der Waals surface area contributed by atoms with E-state index in [-0.39, 0.29) is 12.7 Å². The highest BCUT2D eigenvalue weighted by Gasteiger charge is 2.16. The zero-order chi connectivity index (χ0) is 17.8. The van der Waals surface area contributed by atoms with Crippen LogP contribution >= 0.6 is 0 Å². The Bertz CT molecular complexity index is 915. The van der Waals surface area contributed by atoms with E-state index in [0.29, 0.717) is 22.8 Å². The molecule has 0 spiro atoms. The number of ether oxygens (including phenoxy) is 2. The number of rotatable bonds is 4. The third-order valence-electron chi connectivity index (χ3n) is 3.89. The molecule has 1 aromatic heterocycles. The van der Waals surface area contributed by atoms with Crippen molar-refractivity contribution in [2.75, 3.05) is 6.79 Å². The average molecular weight is 345 g/mol. The van der Waals surface area contributed by atoms with Crippen molar-refractivity contribution in [2.24, 2.45) is 5.10 Å². The summed E-state index contributed by atoms with van der Waals surface area (Å²) in [5, 5.41) is 4.34. The van der Waals surface area contributed by atoms with Crippen molar-refractivity contribution in [1.29, 1.82) is 0 Å². The van der Waals surface area contributed by atoms with E-state index in [4.69, 9.17) is 9.47 Å². The molecule has 128 valence electrons. The largest absolute Gasteiger partial charge is 0.454 e. The highest BCUT2D eigenvalue weighted by atomic mass is 16.7. The van der Waals surface area contributed by atoms with Gasteiger partial charge in [0.1, 0.15) is 0 Å². The molecule has 6 nitrogen and oxygen atoms in total. The smallest absolute Gasteiger partial charge is 0.271 e. The van der Waals surface area contributed by atoms with Crippen molar-refractivity contribution in [2.45, 2.75) is 0 Å². The Morgan fingerprint density at radius 3 is 2.54 bits per heavy atom. The Kier molecular flexibility index (Phi) is 4.30. The molecule has 0 bridgehead atoms. The van der Waals surface area contributed by atoms with Crippen LogP contribution in [0.2, 0.25) is 0 Å². The van der Waals surface area contributed by atoms with Crippen molar-refractivity contribution < 1.29 is 14.3 Å². The molecule has 26 heavy (non-hydrogen) atoms. The van der Waals surface area contributed by atoms with Crippen molar-refractivity contribution in [3.05, 3.63) is 89.7 Å². The molecule has 1 amide bonds. The summed E-state index contributed by atoms with van der Waals surface area (Å²) in [5.41, 5.74) is 5.38. The van der Waals surface area contributed by atoms with Gasteiger partial charge in [-0.25, -0.2) is 5.43 Å². The van der Waals surface area contributed by atoms with Crippen LogP contribution in [0.4, 0.5) is 0 Å². The molecule has 1 aliphatic rings. The Balaban J connectivity index is 1.62. The molecular formula is C20H15N3O3. The van der Waals surface area contributed by atoms with Gasteiger partial charge in [-0.3, -0.25) is 9.78 Å². The number of aromatic nitrogens is 1. The van der Waals surface area contributed by atoms with Crippen LogP contribution in [-0.2, 0) is 0 Å². The molecule has 1 aliphatic heterocycles. The molecule has 0 aliphatic carbocycles. The lowest BCUT2D eigenvalue weighted by Gasteiger charge is -2.08. The number of nitrogens with one attached hydrogen (secondary N) is 1. The molecule has 2 aromatic carbocycles. The zero-order valence-corrected chi connectivity index (χ0v) is 13.8. The molecule has 0 atom stereocenters. The minimum Gasteiger partial charge on any atom is -0.454 e. The van der Waals surface area contributed by atoms with E-state index in [1.165, 1.54) is 0 Å². The van der Waals surface area contributed by atoms with Gasteiger partial charge < -0.3 is 9.47 Å². The quantitative estimate of drug-likeness (QED) is 0.583. The van der Waals surface area contributed by atoms with Crippen LogP contribution in [0.15, 0.2) is 78.2 Å². The predicted molar refractivity (Wildman–Crippen MR) is 96.3 cm³/mol. The number of carbonyl (C=O) groups excluding carboxylic acids is 1. The summed E-state index contributed by atoms with van der Waals surface area (Å²) < 4.78 is 10.6. The maximum Gasteiger partial charge on any atom is 0.271 e. The second-order valence-corrected chi connectivity index (χ2v) is 5.58. The molecule has 6 heteroatoms. The third-order valence-corrected chi connectivity index (χ3v) is 3.89. The molecule has 4 rings (SSSR count). The number of fused-ring (bicyclic) bond motifs is 1. The van der Waals surface area contributed by atoms with Crippen LogP contribution in [-0.4, -0.2) is 23.4 Å². The van der Waals surface area contributed by atoms with E-state index in [0.717, 1.165) is 11.1 Å². The second-order valence-electron chi connectivity index (χ2n) is 5.58. The minimum absolute atomic E-state index is 0.164. The summed E-state index contributed by atoms with van der Waals surface area (Å²) in [7, 11) is 0. The fraction of sp³-hybridized carbons (Fsp3) is 0.0500. The first-order valence-electron chi connectivity index (χ1n) is 8.05. The van der Waals surface area contributed by atoms with Gasteiger partial charge in [-0.05, 0) is 30.3 Å². The van der Waals surface area contributed by atoms with Crippen molar-refractivity contribution in [3.63, 3.8) is 0 Å². The Morgan fingerprint density at radius 2 is 1.73 bits per heavy atom. The topological polar surface area (TPSA) is 72.8 Å². The average Bonchev–Trinajstić information content (AvgIpc) is 3.17. The molecule has 0 radical (unpaired) electrons. The molecule has 3 aromatic rings. The van der Waals surface area contributed by atoms with Gasteiger partial charge in [-0.15, -0.1) is 0 Å². The van der Waals surface area contributed by atoms with Gasteiger partial charge in [-0.1, -0.05) is 30.3 Å². The van der Waals surface area contributed by atoms with Gasteiger partial charge in [-0.2, -0.15) is 5.10 Å². The molecule has 0 unspecified atom stereocenters. The van der Waals surface area contributed by atoms with E-state index in [1.54, 1.807) is 30.6 Å². The van der Waals surface area contributed by atoms with Crippen molar-refractivity contribution in [1.82, 2.24) is 10.4 Å². The fourth-order valence-corrected chi connectivity index (χ4v) is 2.60. The van der Waals surface area contributed by atoms with E-state index in [2.05, 4.69) is 15.5 Å². The number of pyridine rings is 1. The van der Waals surface area contributed by atoms with Crippen LogP contribution in [0.5, 0.6) is 11.5 Å². The van der Waals surface area contributed by atoms with Crippen LogP contribution in [0.3, 0.4) is 0 Å². The van der Waals surface area contributed by atoms with Gasteiger partial charge in [0, 0.05) is 29.1 Å². The highest BCUT2D eigenvalue weighted by molar-refractivity contribution is 6.13. The number of amides is 1. The van der Waals surface area contributed by atoms with E-state index in [1.807, 2.05) is 42.5 Å². The van der Waals surface area contributed by atoms with Crippen LogP contribution in [0.1, 0.15) is 21.5 Å². The summed E-state index contributed by atoms with van der Waals surface area (Å²) in [6.07, 6.45) is 3.40. The second kappa shape index (κ2) is 7.06. The Labute approximate surface area is 150 Å². The summed E-state index contributed by atoms with van der Waals surface area (Å²) in [6, 6.07) is 18.4. The first kappa shape index (κ1) is 15.8. The first-order valence-corrected chi connectivity index (χ1v) is 8.05. The molecule has 0 saturated carbocycles. The van der Waals surface area contributed by atoms with E-state index in [9.17, 15) is 4.79 Å². The summed E-state index contributed by atoms with van der Waals surface area (Å²) in [5.74, 6) is 0.850. The highest BCUT2D eigenvalue weighted by Crippen LogP contribution is 2.32. The molecule has 1 N–H and O–H groups in total. The number of nitrogens with zero attached hydrogens (tertiary/aromatic N) is 2. The first-order chi connectivity index (χ1) is 12.8. The predicted octanol–water partition coefficient (Wildman–Crippen LogP) is 2.99. The number of hydrazone groups is 1. The minimum atomic E-state index is -0.333. The summed E-state index contributed by atoms with van der Waals surface area (Å²) in [4.78, 5) is 16.6. The standard InChI is InChI=1S/C20H15N3O3/c24-20(15-8-9-17-18(11-15)26-13-25-17)23-22-19(14-5-2-1-3-6-14)16-7-4-10-21-12-16/h1-12H,13H2,(H,23,24)/b22-19+. The maximum absolute atomic E-state index is 12.5. The van der Waals surface area contributed by atoms with Gasteiger partial charge in [0.05, 0.1) is 5.71 Å². The lowest BCUT2D eigenvalue weighted by atomic mass is 10.0. The normalized spacial score (nSPS) is 12.7. The van der Waals surface area contributed by atoms with E-state index >= 15 is 0 Å². The SMILES string of the molecule is O=C(N/N=C(\c1ccccc1)c1cccnc1)c1ccc2c(c1)OCO2. The Hall–Kier alpha value is -3.67.